The number of methoxy groups -OCH3 is 1. The summed E-state index contributed by atoms with van der Waals surface area (Å²) in [5.74, 6) is -0.765. The lowest BCUT2D eigenvalue weighted by molar-refractivity contribution is -0.112. The minimum absolute atomic E-state index is 0.321. The zero-order chi connectivity index (χ0) is 14.3. The molecule has 0 atom stereocenters. The molecule has 0 spiro atoms. The molecule has 102 valence electrons. The SMILES string of the molecule is CCO/C=C/C(=O)Nc1cc(C(=O)OC)ccc1C. The average Bonchev–Trinajstić information content (AvgIpc) is 2.40. The molecular weight excluding hydrogens is 246 g/mol. The molecule has 5 heteroatoms. The van der Waals surface area contributed by atoms with Gasteiger partial charge in [-0.25, -0.2) is 4.79 Å². The van der Waals surface area contributed by atoms with Crippen molar-refractivity contribution in [2.75, 3.05) is 19.0 Å². The first kappa shape index (κ1) is 14.8. The Morgan fingerprint density at radius 3 is 2.74 bits per heavy atom. The highest BCUT2D eigenvalue weighted by atomic mass is 16.5. The normalized spacial score (nSPS) is 10.3. The lowest BCUT2D eigenvalue weighted by atomic mass is 10.1. The number of nitrogens with one attached hydrogen (secondary N) is 1. The molecule has 0 radical (unpaired) electrons. The van der Waals surface area contributed by atoms with E-state index in [-0.39, 0.29) is 5.91 Å². The fraction of sp³-hybridized carbons (Fsp3) is 0.286. The number of aryl methyl sites for hydroxylation is 1. The summed E-state index contributed by atoms with van der Waals surface area (Å²) >= 11 is 0. The molecule has 1 aromatic rings. The maximum absolute atomic E-state index is 11.6. The molecule has 1 rings (SSSR count). The van der Waals surface area contributed by atoms with E-state index in [0.717, 1.165) is 5.56 Å². The first-order valence-electron chi connectivity index (χ1n) is 5.86. The van der Waals surface area contributed by atoms with Crippen LogP contribution in [0, 0.1) is 6.92 Å². The highest BCUT2D eigenvalue weighted by Crippen LogP contribution is 2.17. The van der Waals surface area contributed by atoms with E-state index in [4.69, 9.17) is 4.74 Å². The first-order valence-corrected chi connectivity index (χ1v) is 5.86. The zero-order valence-corrected chi connectivity index (χ0v) is 11.2. The van der Waals surface area contributed by atoms with Crippen molar-refractivity contribution in [1.29, 1.82) is 0 Å². The van der Waals surface area contributed by atoms with Gasteiger partial charge in [0.1, 0.15) is 0 Å². The van der Waals surface area contributed by atoms with E-state index < -0.39 is 5.97 Å². The van der Waals surface area contributed by atoms with Crippen LogP contribution in [0.25, 0.3) is 0 Å². The minimum atomic E-state index is -0.444. The van der Waals surface area contributed by atoms with Gasteiger partial charge in [0.2, 0.25) is 0 Å². The molecule has 0 bridgehead atoms. The van der Waals surface area contributed by atoms with Gasteiger partial charge in [0.05, 0.1) is 25.5 Å². The lowest BCUT2D eigenvalue weighted by Crippen LogP contribution is -2.10. The zero-order valence-electron chi connectivity index (χ0n) is 11.2. The van der Waals surface area contributed by atoms with Crippen LogP contribution in [0.4, 0.5) is 5.69 Å². The van der Waals surface area contributed by atoms with Gasteiger partial charge >= 0.3 is 5.97 Å². The maximum Gasteiger partial charge on any atom is 0.337 e. The molecule has 0 aliphatic heterocycles. The molecule has 0 saturated heterocycles. The Morgan fingerprint density at radius 1 is 1.37 bits per heavy atom. The summed E-state index contributed by atoms with van der Waals surface area (Å²) < 4.78 is 9.57. The van der Waals surface area contributed by atoms with Crippen LogP contribution in [0.2, 0.25) is 0 Å². The number of hydrogen-bond donors (Lipinski definition) is 1. The predicted molar refractivity (Wildman–Crippen MR) is 71.9 cm³/mol. The Hall–Kier alpha value is -2.30. The third-order valence-electron chi connectivity index (χ3n) is 2.40. The third kappa shape index (κ3) is 4.46. The van der Waals surface area contributed by atoms with Crippen molar-refractivity contribution in [3.63, 3.8) is 0 Å². The van der Waals surface area contributed by atoms with Crippen LogP contribution in [-0.4, -0.2) is 25.6 Å². The van der Waals surface area contributed by atoms with Crippen molar-refractivity contribution < 1.29 is 19.1 Å². The van der Waals surface area contributed by atoms with E-state index in [1.807, 2.05) is 13.8 Å². The van der Waals surface area contributed by atoms with Gasteiger partial charge in [0.25, 0.3) is 5.91 Å². The van der Waals surface area contributed by atoms with Crippen molar-refractivity contribution in [2.45, 2.75) is 13.8 Å². The Kier molecular flexibility index (Phi) is 5.60. The largest absolute Gasteiger partial charge is 0.501 e. The van der Waals surface area contributed by atoms with E-state index in [1.165, 1.54) is 19.4 Å². The number of esters is 1. The highest BCUT2D eigenvalue weighted by Gasteiger charge is 2.09. The van der Waals surface area contributed by atoms with Gasteiger partial charge in [-0.3, -0.25) is 4.79 Å². The van der Waals surface area contributed by atoms with E-state index in [2.05, 4.69) is 10.1 Å². The van der Waals surface area contributed by atoms with Crippen LogP contribution in [0.1, 0.15) is 22.8 Å². The summed E-state index contributed by atoms with van der Waals surface area (Å²) in [5.41, 5.74) is 1.80. The van der Waals surface area contributed by atoms with Crippen LogP contribution < -0.4 is 5.32 Å². The Bertz CT molecular complexity index is 494. The fourth-order valence-corrected chi connectivity index (χ4v) is 1.38. The smallest absolute Gasteiger partial charge is 0.337 e. The number of ether oxygens (including phenoxy) is 2. The van der Waals surface area contributed by atoms with Gasteiger partial charge in [-0.05, 0) is 31.5 Å². The summed E-state index contributed by atoms with van der Waals surface area (Å²) in [6.45, 7) is 4.16. The molecule has 0 saturated carbocycles. The first-order chi connectivity index (χ1) is 9.08. The van der Waals surface area contributed by atoms with Crippen molar-refractivity contribution in [2.24, 2.45) is 0 Å². The quantitative estimate of drug-likeness (QED) is 0.503. The fourth-order valence-electron chi connectivity index (χ4n) is 1.38. The predicted octanol–water partition coefficient (Wildman–Crippen LogP) is 2.27. The maximum atomic E-state index is 11.6. The van der Waals surface area contributed by atoms with Gasteiger partial charge < -0.3 is 14.8 Å². The molecule has 0 fully saturated rings. The number of anilines is 1. The van der Waals surface area contributed by atoms with Gasteiger partial charge in [-0.15, -0.1) is 0 Å². The summed E-state index contributed by atoms with van der Waals surface area (Å²) in [4.78, 5) is 23.0. The van der Waals surface area contributed by atoms with Crippen LogP contribution in [0.3, 0.4) is 0 Å². The Morgan fingerprint density at radius 2 is 2.11 bits per heavy atom. The monoisotopic (exact) mass is 263 g/mol. The number of carbonyl (C=O) groups is 2. The summed E-state index contributed by atoms with van der Waals surface area (Å²) in [7, 11) is 1.31. The molecule has 0 aromatic heterocycles. The molecule has 5 nitrogen and oxygen atoms in total. The summed E-state index contributed by atoms with van der Waals surface area (Å²) in [6.07, 6.45) is 2.61. The number of benzene rings is 1. The van der Waals surface area contributed by atoms with Crippen molar-refractivity contribution in [3.8, 4) is 0 Å². The number of carbonyl (C=O) groups excluding carboxylic acids is 2. The molecule has 0 unspecified atom stereocenters. The topological polar surface area (TPSA) is 64.6 Å². The standard InChI is InChI=1S/C14H17NO4/c1-4-19-8-7-13(16)15-12-9-11(14(17)18-3)6-5-10(12)2/h5-9H,4H2,1-3H3,(H,15,16)/b8-7+. The van der Waals surface area contributed by atoms with Crippen molar-refractivity contribution >= 4 is 17.6 Å². The molecule has 1 N–H and O–H groups in total. The van der Waals surface area contributed by atoms with Crippen LogP contribution in [-0.2, 0) is 14.3 Å². The Labute approximate surface area is 112 Å². The number of amides is 1. The molecule has 1 aromatic carbocycles. The van der Waals surface area contributed by atoms with E-state index in [9.17, 15) is 9.59 Å². The van der Waals surface area contributed by atoms with Gasteiger partial charge in [-0.1, -0.05) is 6.07 Å². The summed E-state index contributed by atoms with van der Waals surface area (Å²) in [5, 5.41) is 2.67. The minimum Gasteiger partial charge on any atom is -0.501 e. The summed E-state index contributed by atoms with van der Waals surface area (Å²) in [6, 6.07) is 4.97. The van der Waals surface area contributed by atoms with Gasteiger partial charge in [0, 0.05) is 11.8 Å². The van der Waals surface area contributed by atoms with Crippen LogP contribution >= 0.6 is 0 Å². The Balaban J connectivity index is 2.82. The van der Waals surface area contributed by atoms with Gasteiger partial charge in [0.15, 0.2) is 0 Å². The second kappa shape index (κ2) is 7.20. The van der Waals surface area contributed by atoms with Crippen LogP contribution in [0.5, 0.6) is 0 Å². The number of hydrogen-bond acceptors (Lipinski definition) is 4. The number of rotatable bonds is 5. The lowest BCUT2D eigenvalue weighted by Gasteiger charge is -2.08. The van der Waals surface area contributed by atoms with Gasteiger partial charge in [-0.2, -0.15) is 0 Å². The second-order valence-corrected chi connectivity index (χ2v) is 3.77. The van der Waals surface area contributed by atoms with E-state index >= 15 is 0 Å². The highest BCUT2D eigenvalue weighted by molar-refractivity contribution is 6.00. The third-order valence-corrected chi connectivity index (χ3v) is 2.40. The van der Waals surface area contributed by atoms with E-state index in [1.54, 1.807) is 18.2 Å². The molecular formula is C14H17NO4. The molecule has 19 heavy (non-hydrogen) atoms. The van der Waals surface area contributed by atoms with Crippen molar-refractivity contribution in [1.82, 2.24) is 0 Å². The van der Waals surface area contributed by atoms with Crippen molar-refractivity contribution in [3.05, 3.63) is 41.7 Å². The van der Waals surface area contributed by atoms with E-state index in [0.29, 0.717) is 17.9 Å². The molecule has 0 aliphatic carbocycles. The average molecular weight is 263 g/mol. The molecule has 0 heterocycles. The van der Waals surface area contributed by atoms with Crippen LogP contribution in [0.15, 0.2) is 30.5 Å². The molecule has 0 aliphatic rings. The molecule has 1 amide bonds. The second-order valence-electron chi connectivity index (χ2n) is 3.77.